The maximum atomic E-state index is 12.2. The van der Waals surface area contributed by atoms with Gasteiger partial charge in [-0.2, -0.15) is 0 Å². The number of unbranched alkanes of at least 4 members (excludes halogenated alkanes) is 2. The standard InChI is InChI=1S/C14H19N3O3S.ClH/c15-10-6-2-5-9-13-16-17-14(20-13)21(18,19)11-12-7-3-1-4-8-12;/h1,3-4,7-8H,2,5-6,9-11,15H2;1H. The van der Waals surface area contributed by atoms with Gasteiger partial charge in [0.2, 0.25) is 15.7 Å². The Labute approximate surface area is 136 Å². The molecule has 1 aromatic heterocycles. The van der Waals surface area contributed by atoms with Crippen molar-refractivity contribution in [3.8, 4) is 0 Å². The van der Waals surface area contributed by atoms with Crippen molar-refractivity contribution >= 4 is 22.2 Å². The second kappa shape index (κ2) is 8.87. The lowest BCUT2D eigenvalue weighted by atomic mass is 10.2. The first-order valence-corrected chi connectivity index (χ1v) is 8.56. The van der Waals surface area contributed by atoms with Gasteiger partial charge in [-0.1, -0.05) is 41.9 Å². The van der Waals surface area contributed by atoms with Crippen molar-refractivity contribution in [3.05, 3.63) is 41.8 Å². The lowest BCUT2D eigenvalue weighted by Crippen LogP contribution is -2.05. The van der Waals surface area contributed by atoms with Gasteiger partial charge >= 0.3 is 5.22 Å². The number of hydrogen-bond acceptors (Lipinski definition) is 6. The third-order valence-electron chi connectivity index (χ3n) is 3.01. The van der Waals surface area contributed by atoms with Gasteiger partial charge in [0, 0.05) is 6.42 Å². The largest absolute Gasteiger partial charge is 0.413 e. The Morgan fingerprint density at radius 2 is 1.77 bits per heavy atom. The first-order chi connectivity index (χ1) is 10.1. The predicted octanol–water partition coefficient (Wildman–Crippen LogP) is 2.14. The van der Waals surface area contributed by atoms with E-state index in [2.05, 4.69) is 10.2 Å². The van der Waals surface area contributed by atoms with Crippen molar-refractivity contribution < 1.29 is 12.8 Å². The van der Waals surface area contributed by atoms with Crippen LogP contribution in [0.15, 0.2) is 40.0 Å². The van der Waals surface area contributed by atoms with Crippen LogP contribution in [-0.4, -0.2) is 25.2 Å². The highest BCUT2D eigenvalue weighted by atomic mass is 35.5. The molecule has 0 saturated heterocycles. The maximum Gasteiger partial charge on any atom is 0.335 e. The van der Waals surface area contributed by atoms with Gasteiger partial charge in [0.05, 0.1) is 5.75 Å². The van der Waals surface area contributed by atoms with Gasteiger partial charge < -0.3 is 10.2 Å². The van der Waals surface area contributed by atoms with E-state index in [1.54, 1.807) is 24.3 Å². The Morgan fingerprint density at radius 3 is 2.45 bits per heavy atom. The molecule has 0 bridgehead atoms. The minimum absolute atomic E-state index is 0. The van der Waals surface area contributed by atoms with Crippen LogP contribution in [0.2, 0.25) is 0 Å². The first kappa shape index (κ1) is 18.6. The number of rotatable bonds is 8. The summed E-state index contributed by atoms with van der Waals surface area (Å²) in [6.45, 7) is 0.653. The lowest BCUT2D eigenvalue weighted by Gasteiger charge is -1.99. The molecule has 0 amide bonds. The van der Waals surface area contributed by atoms with Gasteiger partial charge in [-0.3, -0.25) is 0 Å². The van der Waals surface area contributed by atoms with Gasteiger partial charge in [-0.05, 0) is 24.9 Å². The normalized spacial score (nSPS) is 11.1. The van der Waals surface area contributed by atoms with Gasteiger partial charge in [0.15, 0.2) is 0 Å². The van der Waals surface area contributed by atoms with Gasteiger partial charge in [-0.25, -0.2) is 8.42 Å². The van der Waals surface area contributed by atoms with Crippen LogP contribution in [0.5, 0.6) is 0 Å². The van der Waals surface area contributed by atoms with E-state index in [0.717, 1.165) is 19.3 Å². The van der Waals surface area contributed by atoms with Crippen molar-refractivity contribution in [2.24, 2.45) is 5.73 Å². The zero-order valence-electron chi connectivity index (χ0n) is 12.1. The van der Waals surface area contributed by atoms with Crippen molar-refractivity contribution in [3.63, 3.8) is 0 Å². The van der Waals surface area contributed by atoms with Crippen LogP contribution < -0.4 is 5.73 Å². The zero-order valence-corrected chi connectivity index (χ0v) is 13.8. The predicted molar refractivity (Wildman–Crippen MR) is 85.5 cm³/mol. The SMILES string of the molecule is Cl.NCCCCCc1nnc(S(=O)(=O)Cc2ccccc2)o1. The fraction of sp³-hybridized carbons (Fsp3) is 0.429. The van der Waals surface area contributed by atoms with E-state index in [1.807, 2.05) is 6.07 Å². The summed E-state index contributed by atoms with van der Waals surface area (Å²) in [7, 11) is -3.59. The van der Waals surface area contributed by atoms with Gasteiger partial charge in [-0.15, -0.1) is 17.5 Å². The molecule has 1 aromatic carbocycles. The molecule has 122 valence electrons. The molecule has 0 aliphatic carbocycles. The number of aromatic nitrogens is 2. The van der Waals surface area contributed by atoms with Gasteiger partial charge in [0.25, 0.3) is 0 Å². The minimum atomic E-state index is -3.59. The zero-order chi connectivity index (χ0) is 15.1. The minimum Gasteiger partial charge on any atom is -0.413 e. The Balaban J connectivity index is 0.00000242. The number of benzene rings is 1. The van der Waals surface area contributed by atoms with E-state index in [4.69, 9.17) is 10.2 Å². The molecule has 2 rings (SSSR count). The molecular weight excluding hydrogens is 326 g/mol. The molecule has 0 aliphatic heterocycles. The van der Waals surface area contributed by atoms with Crippen molar-refractivity contribution in [2.45, 2.75) is 36.7 Å². The first-order valence-electron chi connectivity index (χ1n) is 6.91. The molecule has 22 heavy (non-hydrogen) atoms. The molecule has 0 radical (unpaired) electrons. The smallest absolute Gasteiger partial charge is 0.335 e. The van der Waals surface area contributed by atoms with Crippen molar-refractivity contribution in [1.82, 2.24) is 10.2 Å². The lowest BCUT2D eigenvalue weighted by molar-refractivity contribution is 0.391. The Morgan fingerprint density at radius 1 is 1.05 bits per heavy atom. The number of aryl methyl sites for hydroxylation is 1. The molecule has 0 saturated carbocycles. The second-order valence-electron chi connectivity index (χ2n) is 4.81. The summed E-state index contributed by atoms with van der Waals surface area (Å²) in [6, 6.07) is 8.93. The van der Waals surface area contributed by atoms with Crippen LogP contribution in [0.3, 0.4) is 0 Å². The number of nitrogens with two attached hydrogens (primary N) is 1. The average molecular weight is 346 g/mol. The summed E-state index contributed by atoms with van der Waals surface area (Å²) in [5, 5.41) is 7.14. The molecule has 0 aliphatic rings. The van der Waals surface area contributed by atoms with E-state index in [0.29, 0.717) is 24.4 Å². The highest BCUT2D eigenvalue weighted by Crippen LogP contribution is 2.16. The fourth-order valence-electron chi connectivity index (χ4n) is 1.92. The molecular formula is C14H20ClN3O3S. The van der Waals surface area contributed by atoms with E-state index >= 15 is 0 Å². The van der Waals surface area contributed by atoms with Crippen LogP contribution in [0, 0.1) is 0 Å². The molecule has 0 spiro atoms. The van der Waals surface area contributed by atoms with E-state index in [-0.39, 0.29) is 23.4 Å². The van der Waals surface area contributed by atoms with Crippen molar-refractivity contribution in [1.29, 1.82) is 0 Å². The van der Waals surface area contributed by atoms with E-state index in [9.17, 15) is 8.42 Å². The quantitative estimate of drug-likeness (QED) is 0.736. The Hall–Kier alpha value is -1.44. The molecule has 2 N–H and O–H groups in total. The summed E-state index contributed by atoms with van der Waals surface area (Å²) in [6.07, 6.45) is 3.34. The summed E-state index contributed by atoms with van der Waals surface area (Å²) >= 11 is 0. The van der Waals surface area contributed by atoms with Crippen LogP contribution in [0.1, 0.15) is 30.7 Å². The molecule has 1 heterocycles. The van der Waals surface area contributed by atoms with Crippen LogP contribution in [0.4, 0.5) is 0 Å². The molecule has 0 atom stereocenters. The monoisotopic (exact) mass is 345 g/mol. The van der Waals surface area contributed by atoms with E-state index < -0.39 is 9.84 Å². The maximum absolute atomic E-state index is 12.2. The highest BCUT2D eigenvalue weighted by molar-refractivity contribution is 7.90. The third kappa shape index (κ3) is 5.40. The summed E-state index contributed by atoms with van der Waals surface area (Å²) < 4.78 is 29.6. The summed E-state index contributed by atoms with van der Waals surface area (Å²) in [5.74, 6) is 0.224. The second-order valence-corrected chi connectivity index (χ2v) is 6.67. The molecule has 8 heteroatoms. The summed E-state index contributed by atoms with van der Waals surface area (Å²) in [5.41, 5.74) is 6.11. The number of sulfone groups is 1. The number of hydrogen-bond donors (Lipinski definition) is 1. The van der Waals surface area contributed by atoms with Crippen LogP contribution in [0.25, 0.3) is 0 Å². The molecule has 6 nitrogen and oxygen atoms in total. The van der Waals surface area contributed by atoms with Crippen LogP contribution in [-0.2, 0) is 22.0 Å². The molecule has 0 fully saturated rings. The van der Waals surface area contributed by atoms with Crippen LogP contribution >= 0.6 is 12.4 Å². The number of halogens is 1. The average Bonchev–Trinajstić information content (AvgIpc) is 2.94. The molecule has 0 unspecified atom stereocenters. The third-order valence-corrected chi connectivity index (χ3v) is 4.42. The Kier molecular flexibility index (Phi) is 7.50. The summed E-state index contributed by atoms with van der Waals surface area (Å²) in [4.78, 5) is 0. The molecule has 2 aromatic rings. The Bertz CT molecular complexity index is 659. The van der Waals surface area contributed by atoms with Crippen molar-refractivity contribution in [2.75, 3.05) is 6.54 Å². The number of nitrogens with zero attached hydrogens (tertiary/aromatic N) is 2. The fourth-order valence-corrected chi connectivity index (χ4v) is 3.06. The highest BCUT2D eigenvalue weighted by Gasteiger charge is 2.22. The van der Waals surface area contributed by atoms with Gasteiger partial charge in [0.1, 0.15) is 0 Å². The topological polar surface area (TPSA) is 99.1 Å². The van der Waals surface area contributed by atoms with E-state index in [1.165, 1.54) is 0 Å².